The molecule has 9 nitrogen and oxygen atoms in total. The van der Waals surface area contributed by atoms with E-state index in [2.05, 4.69) is 15.8 Å². The third-order valence-corrected chi connectivity index (χ3v) is 6.12. The number of carbonyl (C=O) groups excluding carboxylic acids is 1. The Morgan fingerprint density at radius 1 is 1.38 bits per heavy atom. The van der Waals surface area contributed by atoms with Gasteiger partial charge in [0, 0.05) is 7.11 Å². The number of alkyl halides is 3. The van der Waals surface area contributed by atoms with Gasteiger partial charge in [0.15, 0.2) is 6.54 Å². The van der Waals surface area contributed by atoms with E-state index in [1.807, 2.05) is 0 Å². The third-order valence-electron chi connectivity index (χ3n) is 6.12. The van der Waals surface area contributed by atoms with Gasteiger partial charge in [-0.1, -0.05) is 0 Å². The maximum Gasteiger partial charge on any atom is 0.411 e. The Hall–Kier alpha value is -2.38. The van der Waals surface area contributed by atoms with Crippen LogP contribution in [0.4, 0.5) is 23.2 Å². The number of aromatic nitrogens is 2. The number of nitrogens with one attached hydrogen (secondary N) is 2. The SMILES string of the molecule is COCC(C1=CN[NH2+]N1CC(F)(F)F)n1cc(NC(=O)[C@@H](N)C(C2CC2)C2CC2)c(F)n1. The predicted molar refractivity (Wildman–Crippen MR) is 105 cm³/mol. The molecule has 1 aliphatic heterocycles. The van der Waals surface area contributed by atoms with E-state index in [4.69, 9.17) is 10.5 Å². The van der Waals surface area contributed by atoms with E-state index in [0.717, 1.165) is 35.4 Å². The van der Waals surface area contributed by atoms with Gasteiger partial charge in [-0.25, -0.2) is 5.43 Å². The van der Waals surface area contributed by atoms with Crippen molar-refractivity contribution >= 4 is 11.6 Å². The molecular weight excluding hydrogens is 434 g/mol. The van der Waals surface area contributed by atoms with Crippen LogP contribution in [0, 0.1) is 23.7 Å². The number of nitrogens with zero attached hydrogens (tertiary/aromatic N) is 3. The Morgan fingerprint density at radius 3 is 2.59 bits per heavy atom. The van der Waals surface area contributed by atoms with Crippen LogP contribution in [0.15, 0.2) is 18.1 Å². The summed E-state index contributed by atoms with van der Waals surface area (Å²) in [7, 11) is 1.38. The van der Waals surface area contributed by atoms with Gasteiger partial charge in [-0.05, 0) is 43.4 Å². The highest BCUT2D eigenvalue weighted by Crippen LogP contribution is 2.50. The maximum absolute atomic E-state index is 14.6. The Kier molecular flexibility index (Phi) is 6.32. The molecule has 2 atom stereocenters. The van der Waals surface area contributed by atoms with Gasteiger partial charge in [-0.3, -0.25) is 9.48 Å². The molecular formula is C19H28F4N7O2+. The molecule has 2 aliphatic carbocycles. The van der Waals surface area contributed by atoms with Crippen LogP contribution >= 0.6 is 0 Å². The van der Waals surface area contributed by atoms with Crippen molar-refractivity contribution in [3.05, 3.63) is 24.0 Å². The molecule has 32 heavy (non-hydrogen) atoms. The average Bonchev–Trinajstić information content (AvgIpc) is 3.64. The second-order valence-electron chi connectivity index (χ2n) is 8.66. The fourth-order valence-electron chi connectivity index (χ4n) is 4.38. The van der Waals surface area contributed by atoms with Crippen molar-refractivity contribution in [3.8, 4) is 0 Å². The van der Waals surface area contributed by atoms with Crippen LogP contribution < -0.4 is 22.0 Å². The van der Waals surface area contributed by atoms with Crippen molar-refractivity contribution in [2.45, 2.75) is 43.9 Å². The van der Waals surface area contributed by atoms with Crippen molar-refractivity contribution in [2.75, 3.05) is 25.6 Å². The van der Waals surface area contributed by atoms with Gasteiger partial charge in [0.2, 0.25) is 5.91 Å². The number of halogens is 4. The van der Waals surface area contributed by atoms with Gasteiger partial charge in [-0.15, -0.1) is 10.6 Å². The number of anilines is 1. The first kappa shape index (κ1) is 22.8. The molecule has 1 aromatic rings. The van der Waals surface area contributed by atoms with E-state index in [9.17, 15) is 22.4 Å². The number of nitrogens with two attached hydrogens (primary N) is 2. The summed E-state index contributed by atoms with van der Waals surface area (Å²) in [5.74, 6) is -0.446. The molecule has 4 rings (SSSR count). The van der Waals surface area contributed by atoms with E-state index >= 15 is 0 Å². The number of rotatable bonds is 10. The number of hydrogen-bond acceptors (Lipinski definition) is 6. The summed E-state index contributed by atoms with van der Waals surface area (Å²) in [6, 6.07) is -1.60. The highest BCUT2D eigenvalue weighted by Gasteiger charge is 2.46. The molecule has 0 bridgehead atoms. The molecule has 178 valence electrons. The van der Waals surface area contributed by atoms with Gasteiger partial charge in [-0.2, -0.15) is 22.6 Å². The Bertz CT molecular complexity index is 854. The molecule has 0 spiro atoms. The Balaban J connectivity index is 1.48. The van der Waals surface area contributed by atoms with Crippen molar-refractivity contribution in [3.63, 3.8) is 0 Å². The van der Waals surface area contributed by atoms with Gasteiger partial charge in [0.1, 0.15) is 17.4 Å². The molecule has 13 heteroatoms. The smallest absolute Gasteiger partial charge is 0.382 e. The third kappa shape index (κ3) is 5.15. The summed E-state index contributed by atoms with van der Waals surface area (Å²) in [4.78, 5) is 12.7. The molecule has 1 amide bonds. The zero-order chi connectivity index (χ0) is 23.0. The number of ether oxygens (including phenoxy) is 1. The van der Waals surface area contributed by atoms with Crippen LogP contribution in [0.3, 0.4) is 0 Å². The van der Waals surface area contributed by atoms with E-state index < -0.39 is 36.7 Å². The van der Waals surface area contributed by atoms with Gasteiger partial charge in [0.05, 0.1) is 25.0 Å². The number of methoxy groups -OCH3 is 1. The highest BCUT2D eigenvalue weighted by atomic mass is 19.4. The topological polar surface area (TPSA) is 114 Å². The summed E-state index contributed by atoms with van der Waals surface area (Å²) in [5, 5.41) is 7.26. The van der Waals surface area contributed by atoms with E-state index in [0.29, 0.717) is 11.8 Å². The van der Waals surface area contributed by atoms with Crippen LogP contribution in [-0.4, -0.2) is 53.2 Å². The van der Waals surface area contributed by atoms with E-state index in [-0.39, 0.29) is 23.9 Å². The lowest BCUT2D eigenvalue weighted by Gasteiger charge is -2.24. The molecule has 0 aromatic carbocycles. The average molecular weight is 462 g/mol. The standard InChI is InChI=1S/C19H27F4N7O2/c1-32-8-14(13-6-25-28-30(13)9-19(21,22)23)29-7-12(17(20)27-29)26-18(31)16(24)15(10-2-3-10)11-4-5-11/h6-7,10-11,14-16,25,28H,2-5,8-9,24H2,1H3,(H,26,31)/p+1/t14?,16-/m0/s1. The molecule has 3 aliphatic rings. The predicted octanol–water partition coefficient (Wildman–Crippen LogP) is 0.614. The summed E-state index contributed by atoms with van der Waals surface area (Å²) < 4.78 is 59.6. The van der Waals surface area contributed by atoms with Crippen molar-refractivity contribution in [1.82, 2.24) is 20.2 Å². The van der Waals surface area contributed by atoms with Crippen LogP contribution in [0.2, 0.25) is 0 Å². The number of amides is 1. The molecule has 2 heterocycles. The summed E-state index contributed by atoms with van der Waals surface area (Å²) in [5.41, 5.74) is 10.0. The molecule has 2 saturated carbocycles. The lowest BCUT2D eigenvalue weighted by molar-refractivity contribution is -0.827. The van der Waals surface area contributed by atoms with Crippen LogP contribution in [-0.2, 0) is 9.53 Å². The Labute approximate surface area is 182 Å². The van der Waals surface area contributed by atoms with Crippen LogP contribution in [0.25, 0.3) is 0 Å². The monoisotopic (exact) mass is 462 g/mol. The largest absolute Gasteiger partial charge is 0.411 e. The normalized spacial score (nSPS) is 20.8. The first-order valence-electron chi connectivity index (χ1n) is 10.6. The minimum Gasteiger partial charge on any atom is -0.382 e. The van der Waals surface area contributed by atoms with Crippen molar-refractivity contribution in [1.29, 1.82) is 0 Å². The second kappa shape index (κ2) is 8.87. The first-order chi connectivity index (χ1) is 15.2. The zero-order valence-electron chi connectivity index (χ0n) is 17.6. The highest BCUT2D eigenvalue weighted by molar-refractivity contribution is 5.94. The van der Waals surface area contributed by atoms with Crippen molar-refractivity contribution in [2.24, 2.45) is 23.5 Å². The number of carbonyl (C=O) groups is 1. The number of quaternary nitrogens is 1. The molecule has 6 N–H and O–H groups in total. The molecule has 1 aromatic heterocycles. The first-order valence-corrected chi connectivity index (χ1v) is 10.6. The maximum atomic E-state index is 14.6. The second-order valence-corrected chi connectivity index (χ2v) is 8.66. The zero-order valence-corrected chi connectivity index (χ0v) is 17.6. The quantitative estimate of drug-likeness (QED) is 0.299. The van der Waals surface area contributed by atoms with Gasteiger partial charge >= 0.3 is 6.18 Å². The lowest BCUT2D eigenvalue weighted by atomic mass is 9.89. The van der Waals surface area contributed by atoms with Gasteiger partial charge < -0.3 is 15.8 Å². The van der Waals surface area contributed by atoms with Crippen LogP contribution in [0.5, 0.6) is 0 Å². The minimum absolute atomic E-state index is 0.0604. The Morgan fingerprint density at radius 2 is 2.03 bits per heavy atom. The van der Waals surface area contributed by atoms with Crippen molar-refractivity contribution < 1.29 is 32.6 Å². The summed E-state index contributed by atoms with van der Waals surface area (Å²) in [6.07, 6.45) is 2.41. The van der Waals surface area contributed by atoms with E-state index in [1.54, 1.807) is 0 Å². The summed E-state index contributed by atoms with van der Waals surface area (Å²) in [6.45, 7) is -1.28. The fourth-order valence-corrected chi connectivity index (χ4v) is 4.38. The molecule has 0 radical (unpaired) electrons. The molecule has 0 saturated heterocycles. The fraction of sp³-hybridized carbons (Fsp3) is 0.684. The summed E-state index contributed by atoms with van der Waals surface area (Å²) >= 11 is 0. The lowest BCUT2D eigenvalue weighted by Crippen LogP contribution is -2.97. The van der Waals surface area contributed by atoms with Crippen LogP contribution in [0.1, 0.15) is 31.7 Å². The van der Waals surface area contributed by atoms with Gasteiger partial charge in [0.25, 0.3) is 5.95 Å². The van der Waals surface area contributed by atoms with E-state index in [1.165, 1.54) is 25.0 Å². The molecule has 1 unspecified atom stereocenters. The molecule has 2 fully saturated rings. The number of hydrogen-bond donors (Lipinski definition) is 4. The minimum atomic E-state index is -4.44.